The van der Waals surface area contributed by atoms with Crippen molar-refractivity contribution in [3.63, 3.8) is 0 Å². The highest BCUT2D eigenvalue weighted by Crippen LogP contribution is 2.34. The van der Waals surface area contributed by atoms with E-state index in [1.165, 1.54) is 5.56 Å². The Hall–Kier alpha value is -1.37. The molecule has 0 aliphatic carbocycles. The Labute approximate surface area is 116 Å². The molecule has 102 valence electrons. The molecule has 2 rings (SSSR count). The second-order valence-electron chi connectivity index (χ2n) is 5.70. The maximum absolute atomic E-state index is 9.62. The minimum absolute atomic E-state index is 0.288. The van der Waals surface area contributed by atoms with Crippen LogP contribution in [-0.4, -0.2) is 31.1 Å². The summed E-state index contributed by atoms with van der Waals surface area (Å²) in [5.41, 5.74) is 6.56. The molecule has 1 heterocycles. The summed E-state index contributed by atoms with van der Waals surface area (Å²) in [4.78, 5) is 2.44. The fraction of sp³-hybridized carbons (Fsp3) is 0.562. The van der Waals surface area contributed by atoms with Crippen LogP contribution in [0.2, 0.25) is 0 Å². The highest BCUT2D eigenvalue weighted by molar-refractivity contribution is 5.33. The molecule has 2 N–H and O–H groups in total. The van der Waals surface area contributed by atoms with Crippen molar-refractivity contribution in [1.82, 2.24) is 4.90 Å². The number of likely N-dealkylation sites (tertiary alicyclic amines) is 1. The zero-order valence-electron chi connectivity index (χ0n) is 11.7. The molecule has 0 spiro atoms. The number of hydrogen-bond donors (Lipinski definition) is 1. The Balaban J connectivity index is 2.03. The first-order valence-corrected chi connectivity index (χ1v) is 7.09. The van der Waals surface area contributed by atoms with Crippen molar-refractivity contribution in [1.29, 1.82) is 5.26 Å². The van der Waals surface area contributed by atoms with E-state index in [1.54, 1.807) is 0 Å². The lowest BCUT2D eigenvalue weighted by Gasteiger charge is -2.38. The van der Waals surface area contributed by atoms with Crippen LogP contribution < -0.4 is 5.73 Å². The van der Waals surface area contributed by atoms with Crippen LogP contribution >= 0.6 is 0 Å². The van der Waals surface area contributed by atoms with Crippen molar-refractivity contribution in [3.05, 3.63) is 35.9 Å². The van der Waals surface area contributed by atoms with E-state index in [1.807, 2.05) is 18.2 Å². The smallest absolute Gasteiger partial charge is 0.0846 e. The Bertz CT molecular complexity index is 427. The molecule has 3 heteroatoms. The van der Waals surface area contributed by atoms with Gasteiger partial charge < -0.3 is 10.6 Å². The SMILES string of the molecule is C[C@@H](CN)CN1CCC(C#N)(c2ccccc2)CC1. The highest BCUT2D eigenvalue weighted by Gasteiger charge is 2.36. The Morgan fingerprint density at radius 1 is 1.32 bits per heavy atom. The van der Waals surface area contributed by atoms with Crippen molar-refractivity contribution < 1.29 is 0 Å². The molecule has 0 bridgehead atoms. The van der Waals surface area contributed by atoms with Crippen LogP contribution in [0.3, 0.4) is 0 Å². The Morgan fingerprint density at radius 3 is 2.47 bits per heavy atom. The minimum Gasteiger partial charge on any atom is -0.330 e. The molecule has 1 aliphatic rings. The number of nitrogens with two attached hydrogens (primary N) is 1. The molecule has 19 heavy (non-hydrogen) atoms. The molecule has 1 aromatic rings. The van der Waals surface area contributed by atoms with Gasteiger partial charge in [-0.3, -0.25) is 0 Å². The van der Waals surface area contributed by atoms with Crippen LogP contribution in [0.5, 0.6) is 0 Å². The quantitative estimate of drug-likeness (QED) is 0.899. The lowest BCUT2D eigenvalue weighted by atomic mass is 9.74. The summed E-state index contributed by atoms with van der Waals surface area (Å²) < 4.78 is 0. The van der Waals surface area contributed by atoms with Gasteiger partial charge in [0.1, 0.15) is 0 Å². The molecule has 3 nitrogen and oxygen atoms in total. The molecule has 0 radical (unpaired) electrons. The zero-order valence-corrected chi connectivity index (χ0v) is 11.7. The lowest BCUT2D eigenvalue weighted by molar-refractivity contribution is 0.167. The van der Waals surface area contributed by atoms with Crippen LogP contribution in [-0.2, 0) is 5.41 Å². The first kappa shape index (κ1) is 14.0. The van der Waals surface area contributed by atoms with E-state index in [0.29, 0.717) is 5.92 Å². The molecule has 0 unspecified atom stereocenters. The van der Waals surface area contributed by atoms with Gasteiger partial charge in [-0.25, -0.2) is 0 Å². The summed E-state index contributed by atoms with van der Waals surface area (Å²) in [7, 11) is 0. The van der Waals surface area contributed by atoms with Crippen molar-refractivity contribution >= 4 is 0 Å². The summed E-state index contributed by atoms with van der Waals surface area (Å²) in [5.74, 6) is 0.534. The van der Waals surface area contributed by atoms with Gasteiger partial charge in [-0.1, -0.05) is 37.3 Å². The van der Waals surface area contributed by atoms with Gasteiger partial charge in [0.15, 0.2) is 0 Å². The minimum atomic E-state index is -0.288. The predicted octanol–water partition coefficient (Wildman–Crippen LogP) is 2.14. The van der Waals surface area contributed by atoms with E-state index >= 15 is 0 Å². The number of piperidine rings is 1. The maximum atomic E-state index is 9.62. The fourth-order valence-electron chi connectivity index (χ4n) is 2.85. The third kappa shape index (κ3) is 3.15. The van der Waals surface area contributed by atoms with E-state index in [2.05, 4.69) is 30.0 Å². The molecule has 1 aromatic carbocycles. The highest BCUT2D eigenvalue weighted by atomic mass is 15.1. The second kappa shape index (κ2) is 6.18. The summed E-state index contributed by atoms with van der Waals surface area (Å²) in [6.07, 6.45) is 1.84. The van der Waals surface area contributed by atoms with E-state index < -0.39 is 0 Å². The summed E-state index contributed by atoms with van der Waals surface area (Å²) in [6, 6.07) is 12.8. The summed E-state index contributed by atoms with van der Waals surface area (Å²) in [5, 5.41) is 9.62. The van der Waals surface area contributed by atoms with Crippen LogP contribution in [0.4, 0.5) is 0 Å². The van der Waals surface area contributed by atoms with Gasteiger partial charge in [-0.15, -0.1) is 0 Å². The molecule has 1 fully saturated rings. The molecule has 0 saturated carbocycles. The molecule has 0 aromatic heterocycles. The summed E-state index contributed by atoms with van der Waals surface area (Å²) >= 11 is 0. The van der Waals surface area contributed by atoms with Crippen molar-refractivity contribution in [2.24, 2.45) is 11.7 Å². The molecular formula is C16H23N3. The van der Waals surface area contributed by atoms with Gasteiger partial charge in [-0.05, 0) is 44.0 Å². The first-order valence-electron chi connectivity index (χ1n) is 7.09. The van der Waals surface area contributed by atoms with Gasteiger partial charge in [0.25, 0.3) is 0 Å². The van der Waals surface area contributed by atoms with Gasteiger partial charge in [0.2, 0.25) is 0 Å². The van der Waals surface area contributed by atoms with Gasteiger partial charge in [-0.2, -0.15) is 5.26 Å². The molecular weight excluding hydrogens is 234 g/mol. The van der Waals surface area contributed by atoms with E-state index in [4.69, 9.17) is 5.73 Å². The van der Waals surface area contributed by atoms with Crippen LogP contribution in [0, 0.1) is 17.2 Å². The Morgan fingerprint density at radius 2 is 1.95 bits per heavy atom. The monoisotopic (exact) mass is 257 g/mol. The van der Waals surface area contributed by atoms with E-state index in [-0.39, 0.29) is 5.41 Å². The van der Waals surface area contributed by atoms with Crippen LogP contribution in [0.25, 0.3) is 0 Å². The van der Waals surface area contributed by atoms with E-state index in [0.717, 1.165) is 39.0 Å². The first-order chi connectivity index (χ1) is 9.20. The van der Waals surface area contributed by atoms with Crippen LogP contribution in [0.1, 0.15) is 25.3 Å². The number of rotatable bonds is 4. The van der Waals surface area contributed by atoms with Gasteiger partial charge in [0, 0.05) is 6.54 Å². The molecule has 0 amide bonds. The average molecular weight is 257 g/mol. The third-order valence-corrected chi connectivity index (χ3v) is 4.22. The average Bonchev–Trinajstić information content (AvgIpc) is 2.49. The topological polar surface area (TPSA) is 53.0 Å². The second-order valence-corrected chi connectivity index (χ2v) is 5.70. The van der Waals surface area contributed by atoms with Crippen molar-refractivity contribution in [3.8, 4) is 6.07 Å². The van der Waals surface area contributed by atoms with Crippen molar-refractivity contribution in [2.45, 2.75) is 25.2 Å². The van der Waals surface area contributed by atoms with Crippen LogP contribution in [0.15, 0.2) is 30.3 Å². The number of benzene rings is 1. The number of nitriles is 1. The largest absolute Gasteiger partial charge is 0.330 e. The number of nitrogens with zero attached hydrogens (tertiary/aromatic N) is 2. The summed E-state index contributed by atoms with van der Waals surface area (Å²) in [6.45, 7) is 5.95. The predicted molar refractivity (Wildman–Crippen MR) is 77.6 cm³/mol. The fourth-order valence-corrected chi connectivity index (χ4v) is 2.85. The zero-order chi connectivity index (χ0) is 13.7. The third-order valence-electron chi connectivity index (χ3n) is 4.22. The normalized spacial score (nSPS) is 20.7. The Kier molecular flexibility index (Phi) is 4.57. The molecule has 1 saturated heterocycles. The number of hydrogen-bond acceptors (Lipinski definition) is 3. The van der Waals surface area contributed by atoms with Gasteiger partial charge in [0.05, 0.1) is 11.5 Å². The van der Waals surface area contributed by atoms with Crippen molar-refractivity contribution in [2.75, 3.05) is 26.2 Å². The lowest BCUT2D eigenvalue weighted by Crippen LogP contribution is -2.44. The van der Waals surface area contributed by atoms with E-state index in [9.17, 15) is 5.26 Å². The maximum Gasteiger partial charge on any atom is 0.0846 e. The molecule has 1 atom stereocenters. The molecule has 1 aliphatic heterocycles. The van der Waals surface area contributed by atoms with Gasteiger partial charge >= 0.3 is 0 Å². The standard InChI is InChI=1S/C16H23N3/c1-14(11-17)12-19-9-7-16(13-18,8-10-19)15-5-3-2-4-6-15/h2-6,14H,7-12,17H2,1H3/t14-/m0/s1.